The number of H-pyrrole nitrogens is 1. The number of carbonyl (C=O) groups excluding carboxylic acids is 1. The minimum absolute atomic E-state index is 0. The van der Waals surface area contributed by atoms with Crippen LogP contribution in [0.5, 0.6) is 5.75 Å². The van der Waals surface area contributed by atoms with E-state index in [0.29, 0.717) is 5.92 Å². The van der Waals surface area contributed by atoms with Crippen LogP contribution in [0, 0.1) is 12.8 Å². The third-order valence-electron chi connectivity index (χ3n) is 7.54. The molecule has 1 aliphatic carbocycles. The molecule has 1 aromatic heterocycles. The first-order valence-corrected chi connectivity index (χ1v) is 11.7. The third kappa shape index (κ3) is 4.06. The number of hydrogen-bond donors (Lipinski definition) is 2. The molecule has 0 saturated carbocycles. The van der Waals surface area contributed by atoms with Gasteiger partial charge in [-0.05, 0) is 102 Å². The van der Waals surface area contributed by atoms with Gasteiger partial charge in [0.2, 0.25) is 0 Å². The van der Waals surface area contributed by atoms with E-state index in [-0.39, 0.29) is 35.8 Å². The summed E-state index contributed by atoms with van der Waals surface area (Å²) in [5.74, 6) is 1.54. The lowest BCUT2D eigenvalue weighted by atomic mass is 9.59. The van der Waals surface area contributed by atoms with Crippen molar-refractivity contribution in [1.29, 1.82) is 0 Å². The predicted molar refractivity (Wildman–Crippen MR) is 132 cm³/mol. The van der Waals surface area contributed by atoms with E-state index in [0.717, 1.165) is 49.4 Å². The number of nitrogens with zero attached hydrogens (tertiary/aromatic N) is 1. The van der Waals surface area contributed by atoms with Crippen molar-refractivity contribution in [3.63, 3.8) is 0 Å². The Balaban J connectivity index is 0.00000289. The molecule has 2 heterocycles. The summed E-state index contributed by atoms with van der Waals surface area (Å²) in [6.07, 6.45) is 3.04. The van der Waals surface area contributed by atoms with E-state index in [9.17, 15) is 4.79 Å². The lowest BCUT2D eigenvalue weighted by molar-refractivity contribution is 0.0637. The number of nitrogens with one attached hydrogen (secondary N) is 2. The molecule has 1 aliphatic heterocycles. The largest absolute Gasteiger partial charge is 0.497 e. The number of aromatic amines is 1. The lowest BCUT2D eigenvalue weighted by Gasteiger charge is -2.48. The first-order chi connectivity index (χ1) is 14.8. The molecular formula is C26H38ClN3O2. The summed E-state index contributed by atoms with van der Waals surface area (Å²) < 4.78 is 5.54. The van der Waals surface area contributed by atoms with Gasteiger partial charge in [0.05, 0.1) is 7.11 Å². The third-order valence-corrected chi connectivity index (χ3v) is 7.54. The lowest BCUT2D eigenvalue weighted by Crippen LogP contribution is -2.52. The number of ether oxygens (including phenoxy) is 1. The molecule has 6 heteroatoms. The van der Waals surface area contributed by atoms with Crippen LogP contribution in [-0.2, 0) is 18.3 Å². The van der Waals surface area contributed by atoms with Gasteiger partial charge in [0, 0.05) is 23.2 Å². The molecule has 4 rings (SSSR count). The Bertz CT molecular complexity index is 960. The van der Waals surface area contributed by atoms with Crippen molar-refractivity contribution in [2.45, 2.75) is 71.4 Å². The molecular weight excluding hydrogens is 422 g/mol. The van der Waals surface area contributed by atoms with E-state index >= 15 is 0 Å². The normalized spacial score (nSPS) is 22.2. The molecule has 32 heavy (non-hydrogen) atoms. The molecule has 1 aromatic carbocycles. The maximum atomic E-state index is 13.5. The smallest absolute Gasteiger partial charge is 0.271 e. The molecule has 1 fully saturated rings. The number of fused-ring (bicyclic) bond motifs is 2. The van der Waals surface area contributed by atoms with Gasteiger partial charge >= 0.3 is 0 Å². The highest BCUT2D eigenvalue weighted by Crippen LogP contribution is 2.48. The fraction of sp³-hybridized carbons (Fsp3) is 0.577. The van der Waals surface area contributed by atoms with Crippen LogP contribution in [0.25, 0.3) is 0 Å². The van der Waals surface area contributed by atoms with Crippen LogP contribution in [0.2, 0.25) is 0 Å². The quantitative estimate of drug-likeness (QED) is 0.683. The van der Waals surface area contributed by atoms with Crippen molar-refractivity contribution in [2.75, 3.05) is 20.2 Å². The predicted octanol–water partition coefficient (Wildman–Crippen LogP) is 4.66. The van der Waals surface area contributed by atoms with Crippen molar-refractivity contribution in [3.8, 4) is 5.75 Å². The second-order valence-corrected chi connectivity index (χ2v) is 9.90. The topological polar surface area (TPSA) is 57.4 Å². The first kappa shape index (κ1) is 24.7. The fourth-order valence-electron chi connectivity index (χ4n) is 6.00. The molecule has 2 N–H and O–H groups in total. The highest BCUT2D eigenvalue weighted by atomic mass is 35.5. The summed E-state index contributed by atoms with van der Waals surface area (Å²) in [6.45, 7) is 12.5. The van der Waals surface area contributed by atoms with Gasteiger partial charge in [0.1, 0.15) is 11.4 Å². The number of amides is 1. The van der Waals surface area contributed by atoms with Crippen molar-refractivity contribution in [3.05, 3.63) is 52.3 Å². The van der Waals surface area contributed by atoms with Gasteiger partial charge < -0.3 is 19.9 Å². The second kappa shape index (κ2) is 9.48. The molecule has 5 nitrogen and oxygen atoms in total. The molecule has 1 amide bonds. The standard InChI is InChI=1S/C26H37N3O2.ClH/c1-16(2)29(17(3)4)25(30)24-18(5)22-13-20-15-27-11-10-26(20,14-23(22)28-24)19-8-7-9-21(12-19)31-6;/h7-9,12,16-17,20,27-28H,10-11,13-15H2,1-6H3;1H. The molecule has 2 unspecified atom stereocenters. The van der Waals surface area contributed by atoms with Crippen LogP contribution in [-0.4, -0.2) is 48.1 Å². The number of methoxy groups -OCH3 is 1. The first-order valence-electron chi connectivity index (χ1n) is 11.7. The molecule has 1 saturated heterocycles. The zero-order chi connectivity index (χ0) is 22.3. The van der Waals surface area contributed by atoms with Crippen LogP contribution < -0.4 is 10.1 Å². The van der Waals surface area contributed by atoms with Gasteiger partial charge in [-0.15, -0.1) is 12.4 Å². The van der Waals surface area contributed by atoms with Gasteiger partial charge in [-0.25, -0.2) is 0 Å². The summed E-state index contributed by atoms with van der Waals surface area (Å²) in [6, 6.07) is 8.93. The fourth-order valence-corrected chi connectivity index (χ4v) is 6.00. The van der Waals surface area contributed by atoms with Crippen LogP contribution >= 0.6 is 12.4 Å². The number of benzene rings is 1. The maximum absolute atomic E-state index is 13.5. The van der Waals surface area contributed by atoms with E-state index in [2.05, 4.69) is 63.1 Å². The SMILES string of the molecule is COc1cccc(C23CCNCC2Cc2c([nH]c(C(=O)N(C(C)C)C(C)C)c2C)C3)c1.Cl. The van der Waals surface area contributed by atoms with E-state index < -0.39 is 0 Å². The Morgan fingerprint density at radius 3 is 2.59 bits per heavy atom. The zero-order valence-electron chi connectivity index (χ0n) is 20.2. The Morgan fingerprint density at radius 1 is 1.22 bits per heavy atom. The van der Waals surface area contributed by atoms with Crippen LogP contribution in [0.3, 0.4) is 0 Å². The molecule has 0 spiro atoms. The average molecular weight is 460 g/mol. The average Bonchev–Trinajstić information content (AvgIpc) is 3.06. The molecule has 2 atom stereocenters. The molecule has 2 aliphatic rings. The summed E-state index contributed by atoms with van der Waals surface area (Å²) in [5.41, 5.74) is 5.93. The van der Waals surface area contributed by atoms with Crippen molar-refractivity contribution >= 4 is 18.3 Å². The number of hydrogen-bond acceptors (Lipinski definition) is 3. The number of rotatable bonds is 5. The highest BCUT2D eigenvalue weighted by Gasteiger charge is 2.47. The van der Waals surface area contributed by atoms with E-state index in [1.54, 1.807) is 7.11 Å². The molecule has 2 aromatic rings. The van der Waals surface area contributed by atoms with E-state index in [1.807, 2.05) is 11.0 Å². The zero-order valence-corrected chi connectivity index (χ0v) is 21.1. The highest BCUT2D eigenvalue weighted by molar-refractivity contribution is 5.95. The Kier molecular flexibility index (Phi) is 7.31. The van der Waals surface area contributed by atoms with E-state index in [4.69, 9.17) is 4.74 Å². The summed E-state index contributed by atoms with van der Waals surface area (Å²) in [7, 11) is 1.73. The summed E-state index contributed by atoms with van der Waals surface area (Å²) >= 11 is 0. The Morgan fingerprint density at radius 2 is 1.94 bits per heavy atom. The van der Waals surface area contributed by atoms with Gasteiger partial charge in [-0.3, -0.25) is 4.79 Å². The van der Waals surface area contributed by atoms with Crippen molar-refractivity contribution in [1.82, 2.24) is 15.2 Å². The van der Waals surface area contributed by atoms with Crippen LogP contribution in [0.15, 0.2) is 24.3 Å². The van der Waals surface area contributed by atoms with Gasteiger partial charge in [-0.2, -0.15) is 0 Å². The monoisotopic (exact) mass is 459 g/mol. The Labute approximate surface area is 198 Å². The molecule has 0 radical (unpaired) electrons. The van der Waals surface area contributed by atoms with Crippen molar-refractivity contribution in [2.24, 2.45) is 5.92 Å². The maximum Gasteiger partial charge on any atom is 0.271 e. The van der Waals surface area contributed by atoms with E-state index in [1.165, 1.54) is 16.8 Å². The minimum Gasteiger partial charge on any atom is -0.497 e. The number of aromatic nitrogens is 1. The number of carbonyl (C=O) groups is 1. The molecule has 176 valence electrons. The van der Waals surface area contributed by atoms with Gasteiger partial charge in [0.25, 0.3) is 5.91 Å². The van der Waals surface area contributed by atoms with Crippen molar-refractivity contribution < 1.29 is 9.53 Å². The Hall–Kier alpha value is -1.98. The van der Waals surface area contributed by atoms with Gasteiger partial charge in [0.15, 0.2) is 0 Å². The number of piperidine rings is 1. The van der Waals surface area contributed by atoms with Crippen LogP contribution in [0.4, 0.5) is 0 Å². The van der Waals surface area contributed by atoms with Crippen LogP contribution in [0.1, 0.15) is 67.0 Å². The summed E-state index contributed by atoms with van der Waals surface area (Å²) in [4.78, 5) is 19.1. The minimum atomic E-state index is 0. The van der Waals surface area contributed by atoms with Gasteiger partial charge in [-0.1, -0.05) is 12.1 Å². The number of halogens is 1. The second-order valence-electron chi connectivity index (χ2n) is 9.90. The molecule has 0 bridgehead atoms. The summed E-state index contributed by atoms with van der Waals surface area (Å²) in [5, 5.41) is 3.62.